The molecule has 1 atom stereocenters. The Morgan fingerprint density at radius 3 is 2.37 bits per heavy atom. The van der Waals surface area contributed by atoms with Crippen LogP contribution in [0.15, 0.2) is 77.7 Å². The molecule has 0 spiro atoms. The summed E-state index contributed by atoms with van der Waals surface area (Å²) in [6.45, 7) is -0.546. The molecular formula is C24H21F3N2O7S2. The van der Waals surface area contributed by atoms with E-state index in [4.69, 9.17) is 9.84 Å². The number of rotatable bonds is 7. The highest BCUT2D eigenvalue weighted by molar-refractivity contribution is 7.93. The summed E-state index contributed by atoms with van der Waals surface area (Å²) in [6.07, 6.45) is -7.44. The Morgan fingerprint density at radius 2 is 1.71 bits per heavy atom. The fourth-order valence-corrected chi connectivity index (χ4v) is 7.06. The fourth-order valence-electron chi connectivity index (χ4n) is 3.96. The Kier molecular flexibility index (Phi) is 7.30. The summed E-state index contributed by atoms with van der Waals surface area (Å²) in [4.78, 5) is 10.4. The van der Waals surface area contributed by atoms with E-state index in [2.05, 4.69) is 5.32 Å². The molecule has 4 rings (SSSR count). The van der Waals surface area contributed by atoms with Crippen molar-refractivity contribution in [3.05, 3.63) is 83.9 Å². The van der Waals surface area contributed by atoms with Crippen molar-refractivity contribution < 1.29 is 44.6 Å². The van der Waals surface area contributed by atoms with Gasteiger partial charge in [-0.1, -0.05) is 36.4 Å². The molecule has 1 heterocycles. The number of fused-ring (bicyclic) bond motifs is 1. The lowest BCUT2D eigenvalue weighted by Crippen LogP contribution is -2.46. The number of benzene rings is 3. The van der Waals surface area contributed by atoms with Gasteiger partial charge in [0, 0.05) is 5.69 Å². The van der Waals surface area contributed by atoms with E-state index in [0.29, 0.717) is 11.6 Å². The van der Waals surface area contributed by atoms with E-state index >= 15 is 0 Å². The van der Waals surface area contributed by atoms with E-state index in [1.807, 2.05) is 0 Å². The summed E-state index contributed by atoms with van der Waals surface area (Å²) >= 11 is 0. The van der Waals surface area contributed by atoms with E-state index in [1.165, 1.54) is 12.1 Å². The van der Waals surface area contributed by atoms with Crippen LogP contribution in [-0.2, 0) is 31.8 Å². The smallest absolute Gasteiger partial charge is 0.416 e. The SMILES string of the molecule is O=C(O)Nc1ccc2c(c1)N(S(=O)(=O)c1cccc(C(F)(F)F)c1)CC(CS(=O)(=O)Cc1ccccc1)O2. The average Bonchev–Trinajstić information content (AvgIpc) is 2.83. The molecule has 38 heavy (non-hydrogen) atoms. The first-order valence-corrected chi connectivity index (χ1v) is 14.3. The van der Waals surface area contributed by atoms with Gasteiger partial charge in [-0.3, -0.25) is 9.62 Å². The second-order valence-electron chi connectivity index (χ2n) is 8.45. The molecule has 0 bridgehead atoms. The lowest BCUT2D eigenvalue weighted by Gasteiger charge is -2.35. The van der Waals surface area contributed by atoms with E-state index in [9.17, 15) is 34.8 Å². The summed E-state index contributed by atoms with van der Waals surface area (Å²) < 4.78 is 99.3. The number of nitrogens with one attached hydrogen (secondary N) is 1. The van der Waals surface area contributed by atoms with Crippen molar-refractivity contribution in [1.82, 2.24) is 0 Å². The highest BCUT2D eigenvalue weighted by Crippen LogP contribution is 2.40. The predicted octanol–water partition coefficient (Wildman–Crippen LogP) is 4.37. The molecule has 14 heteroatoms. The maximum absolute atomic E-state index is 13.6. The normalized spacial score (nSPS) is 15.9. The van der Waals surface area contributed by atoms with Crippen molar-refractivity contribution in [2.45, 2.75) is 22.9 Å². The van der Waals surface area contributed by atoms with Gasteiger partial charge in [-0.2, -0.15) is 13.2 Å². The minimum atomic E-state index is -4.80. The number of hydrogen-bond donors (Lipinski definition) is 2. The standard InChI is InChI=1S/C24H21F3N2O7S2/c25-24(26,27)17-7-4-8-20(11-17)38(34,35)29-13-19(15-37(32,33)14-16-5-2-1-3-6-16)36-22-10-9-18(12-21(22)29)28-23(30)31/h1-12,19,28H,13-15H2,(H,30,31). The third-order valence-corrected chi connectivity index (χ3v) is 8.99. The molecule has 3 aromatic carbocycles. The maximum atomic E-state index is 13.6. The molecule has 2 N–H and O–H groups in total. The van der Waals surface area contributed by atoms with Gasteiger partial charge in [0.2, 0.25) is 0 Å². The van der Waals surface area contributed by atoms with Crippen molar-refractivity contribution in [2.24, 2.45) is 0 Å². The number of sulfone groups is 1. The minimum Gasteiger partial charge on any atom is -0.485 e. The molecule has 202 valence electrons. The van der Waals surface area contributed by atoms with E-state index < -0.39 is 61.0 Å². The Balaban J connectivity index is 1.73. The molecule has 0 aliphatic carbocycles. The zero-order chi connectivity index (χ0) is 27.7. The van der Waals surface area contributed by atoms with Gasteiger partial charge >= 0.3 is 12.3 Å². The second-order valence-corrected chi connectivity index (χ2v) is 12.4. The number of amides is 1. The van der Waals surface area contributed by atoms with Crippen LogP contribution < -0.4 is 14.4 Å². The summed E-state index contributed by atoms with van der Waals surface area (Å²) in [5, 5.41) is 11.1. The zero-order valence-corrected chi connectivity index (χ0v) is 21.1. The monoisotopic (exact) mass is 570 g/mol. The highest BCUT2D eigenvalue weighted by atomic mass is 32.2. The Bertz CT molecular complexity index is 1560. The molecule has 0 radical (unpaired) electrons. The number of carboxylic acid groups (broad SMARTS) is 1. The zero-order valence-electron chi connectivity index (χ0n) is 19.4. The Morgan fingerprint density at radius 1 is 1.00 bits per heavy atom. The van der Waals surface area contributed by atoms with Crippen molar-refractivity contribution in [3.63, 3.8) is 0 Å². The van der Waals surface area contributed by atoms with Crippen LogP contribution >= 0.6 is 0 Å². The fraction of sp³-hybridized carbons (Fsp3) is 0.208. The van der Waals surface area contributed by atoms with E-state index in [0.717, 1.165) is 28.6 Å². The van der Waals surface area contributed by atoms with Gasteiger partial charge in [0.1, 0.15) is 11.9 Å². The van der Waals surface area contributed by atoms with Crippen LogP contribution in [0.25, 0.3) is 0 Å². The third-order valence-electron chi connectivity index (χ3n) is 5.56. The molecule has 0 aromatic heterocycles. The van der Waals surface area contributed by atoms with Crippen LogP contribution in [0.1, 0.15) is 11.1 Å². The summed E-state index contributed by atoms with van der Waals surface area (Å²) in [6, 6.07) is 15.1. The summed E-state index contributed by atoms with van der Waals surface area (Å²) in [7, 11) is -8.47. The molecule has 3 aromatic rings. The van der Waals surface area contributed by atoms with E-state index in [1.54, 1.807) is 30.3 Å². The van der Waals surface area contributed by atoms with Gasteiger partial charge in [0.05, 0.1) is 34.2 Å². The quantitative estimate of drug-likeness (QED) is 0.432. The number of nitrogens with zero attached hydrogens (tertiary/aromatic N) is 1. The third kappa shape index (κ3) is 6.19. The lowest BCUT2D eigenvalue weighted by atomic mass is 10.2. The van der Waals surface area contributed by atoms with Gasteiger partial charge < -0.3 is 9.84 Å². The number of alkyl halides is 3. The van der Waals surface area contributed by atoms with Gasteiger partial charge in [-0.25, -0.2) is 21.6 Å². The highest BCUT2D eigenvalue weighted by Gasteiger charge is 2.38. The first kappa shape index (κ1) is 27.3. The molecule has 0 saturated carbocycles. The Hall–Kier alpha value is -3.78. The molecule has 9 nitrogen and oxygen atoms in total. The summed E-state index contributed by atoms with van der Waals surface area (Å²) in [5.74, 6) is -0.990. The van der Waals surface area contributed by atoms with E-state index in [-0.39, 0.29) is 22.9 Å². The number of anilines is 2. The van der Waals surface area contributed by atoms with Crippen molar-refractivity contribution in [3.8, 4) is 5.75 Å². The molecule has 0 fully saturated rings. The number of ether oxygens (including phenoxy) is 1. The molecule has 1 aliphatic heterocycles. The van der Waals surface area contributed by atoms with Gasteiger partial charge in [-0.15, -0.1) is 0 Å². The first-order valence-electron chi connectivity index (χ1n) is 11.0. The topological polar surface area (TPSA) is 130 Å². The molecule has 1 amide bonds. The number of halogens is 3. The first-order chi connectivity index (χ1) is 17.7. The summed E-state index contributed by atoms with van der Waals surface area (Å²) in [5.41, 5.74) is -0.860. The van der Waals surface area contributed by atoms with Crippen LogP contribution in [0.4, 0.5) is 29.3 Å². The van der Waals surface area contributed by atoms with Crippen LogP contribution in [-0.4, -0.2) is 46.4 Å². The van der Waals surface area contributed by atoms with Crippen molar-refractivity contribution in [1.29, 1.82) is 0 Å². The number of sulfonamides is 1. The lowest BCUT2D eigenvalue weighted by molar-refractivity contribution is -0.137. The molecule has 1 unspecified atom stereocenters. The number of hydrogen-bond acceptors (Lipinski definition) is 6. The second kappa shape index (κ2) is 10.2. The molecular weight excluding hydrogens is 549 g/mol. The molecule has 0 saturated heterocycles. The van der Waals surface area contributed by atoms with Crippen LogP contribution in [0.5, 0.6) is 5.75 Å². The largest absolute Gasteiger partial charge is 0.485 e. The van der Waals surface area contributed by atoms with Gasteiger partial charge in [-0.05, 0) is 42.0 Å². The van der Waals surface area contributed by atoms with Crippen molar-refractivity contribution >= 4 is 37.3 Å². The van der Waals surface area contributed by atoms with Crippen LogP contribution in [0.2, 0.25) is 0 Å². The van der Waals surface area contributed by atoms with Crippen LogP contribution in [0, 0.1) is 0 Å². The van der Waals surface area contributed by atoms with Crippen molar-refractivity contribution in [2.75, 3.05) is 21.9 Å². The van der Waals surface area contributed by atoms with Gasteiger partial charge in [0.15, 0.2) is 9.84 Å². The van der Waals surface area contributed by atoms with Gasteiger partial charge in [0.25, 0.3) is 10.0 Å². The average molecular weight is 571 g/mol. The maximum Gasteiger partial charge on any atom is 0.416 e. The minimum absolute atomic E-state index is 0.0285. The van der Waals surface area contributed by atoms with Crippen LogP contribution in [0.3, 0.4) is 0 Å². The number of carbonyl (C=O) groups is 1. The molecule has 1 aliphatic rings. The predicted molar refractivity (Wildman–Crippen MR) is 132 cm³/mol. The Labute approximate surface area is 216 Å².